The first-order chi connectivity index (χ1) is 9.51. The Morgan fingerprint density at radius 1 is 1.30 bits per heavy atom. The first-order valence-electron chi connectivity index (χ1n) is 6.56. The maximum Gasteiger partial charge on any atom is 0.140 e. The molecule has 0 spiro atoms. The monoisotopic (exact) mass is 354 g/mol. The van der Waals surface area contributed by atoms with E-state index in [-0.39, 0.29) is 0 Å². The number of thiazole rings is 1. The summed E-state index contributed by atoms with van der Waals surface area (Å²) in [5, 5.41) is 1.01. The highest BCUT2D eigenvalue weighted by Gasteiger charge is 2.11. The van der Waals surface area contributed by atoms with Crippen molar-refractivity contribution in [3.8, 4) is 5.75 Å². The Bertz CT molecular complexity index is 591. The van der Waals surface area contributed by atoms with E-state index in [2.05, 4.69) is 46.9 Å². The average molecular weight is 355 g/mol. The lowest BCUT2D eigenvalue weighted by atomic mass is 10.1. The highest BCUT2D eigenvalue weighted by atomic mass is 79.9. The van der Waals surface area contributed by atoms with E-state index in [0.29, 0.717) is 13.2 Å². The van der Waals surface area contributed by atoms with Gasteiger partial charge in [0.2, 0.25) is 0 Å². The van der Waals surface area contributed by atoms with Gasteiger partial charge in [0.15, 0.2) is 0 Å². The Labute approximate surface area is 132 Å². The molecule has 0 unspecified atom stereocenters. The van der Waals surface area contributed by atoms with Crippen LogP contribution in [0.2, 0.25) is 0 Å². The Hall–Kier alpha value is -0.910. The van der Waals surface area contributed by atoms with Crippen LogP contribution >= 0.6 is 27.3 Å². The fraction of sp³-hybridized carbons (Fsp3) is 0.400. The molecule has 0 aliphatic heterocycles. The molecule has 3 nitrogen and oxygen atoms in total. The quantitative estimate of drug-likeness (QED) is 0.885. The van der Waals surface area contributed by atoms with Crippen molar-refractivity contribution < 1.29 is 4.74 Å². The van der Waals surface area contributed by atoms with E-state index in [4.69, 9.17) is 10.5 Å². The van der Waals surface area contributed by atoms with Crippen LogP contribution in [-0.4, -0.2) is 11.5 Å². The van der Waals surface area contributed by atoms with E-state index in [1.807, 2.05) is 6.92 Å². The van der Waals surface area contributed by atoms with Crippen LogP contribution in [0.5, 0.6) is 5.75 Å². The van der Waals surface area contributed by atoms with Crippen LogP contribution in [0, 0.1) is 20.8 Å². The smallest absolute Gasteiger partial charge is 0.140 e. The minimum absolute atomic E-state index is 0.513. The summed E-state index contributed by atoms with van der Waals surface area (Å²) in [5.74, 6) is 0.934. The van der Waals surface area contributed by atoms with Gasteiger partial charge in [0, 0.05) is 9.35 Å². The fourth-order valence-electron chi connectivity index (χ4n) is 2.08. The summed E-state index contributed by atoms with van der Waals surface area (Å²) >= 11 is 5.21. The van der Waals surface area contributed by atoms with Gasteiger partial charge < -0.3 is 10.5 Å². The predicted molar refractivity (Wildman–Crippen MR) is 87.6 cm³/mol. The molecule has 1 aromatic carbocycles. The summed E-state index contributed by atoms with van der Waals surface area (Å²) < 4.78 is 7.06. The molecule has 2 N–H and O–H groups in total. The Morgan fingerprint density at radius 2 is 2.05 bits per heavy atom. The predicted octanol–water partition coefficient (Wildman–Crippen LogP) is 3.91. The molecule has 5 heteroatoms. The summed E-state index contributed by atoms with van der Waals surface area (Å²) in [5.41, 5.74) is 9.03. The standard InChI is InChI=1S/C15H19BrN2OS/c1-9-6-13(16)7-12(4-5-17)15(9)19-8-14-18-10(2)11(3)20-14/h6-7H,4-5,8,17H2,1-3H3. The number of benzene rings is 1. The third-order valence-electron chi connectivity index (χ3n) is 3.14. The van der Waals surface area contributed by atoms with Gasteiger partial charge in [-0.1, -0.05) is 15.9 Å². The van der Waals surface area contributed by atoms with Crippen molar-refractivity contribution in [3.05, 3.63) is 43.3 Å². The second kappa shape index (κ2) is 6.70. The molecular formula is C15H19BrN2OS. The average Bonchev–Trinajstić information content (AvgIpc) is 2.68. The zero-order valence-electron chi connectivity index (χ0n) is 12.0. The number of hydrogen-bond acceptors (Lipinski definition) is 4. The SMILES string of the molecule is Cc1cc(Br)cc(CCN)c1OCc1nc(C)c(C)s1. The third kappa shape index (κ3) is 3.59. The van der Waals surface area contributed by atoms with Crippen molar-refractivity contribution in [3.63, 3.8) is 0 Å². The third-order valence-corrected chi connectivity index (χ3v) is 4.65. The molecule has 20 heavy (non-hydrogen) atoms. The van der Waals surface area contributed by atoms with E-state index in [0.717, 1.165) is 38.5 Å². The minimum atomic E-state index is 0.513. The minimum Gasteiger partial charge on any atom is -0.486 e. The highest BCUT2D eigenvalue weighted by Crippen LogP contribution is 2.29. The van der Waals surface area contributed by atoms with E-state index >= 15 is 0 Å². The van der Waals surface area contributed by atoms with Crippen molar-refractivity contribution >= 4 is 27.3 Å². The van der Waals surface area contributed by atoms with Crippen molar-refractivity contribution in [1.82, 2.24) is 4.98 Å². The lowest BCUT2D eigenvalue weighted by Gasteiger charge is -2.13. The maximum atomic E-state index is 6.00. The van der Waals surface area contributed by atoms with Gasteiger partial charge in [-0.25, -0.2) is 4.98 Å². The molecule has 0 aliphatic rings. The second-order valence-corrected chi connectivity index (χ2v) is 6.99. The van der Waals surface area contributed by atoms with Gasteiger partial charge >= 0.3 is 0 Å². The van der Waals surface area contributed by atoms with Crippen LogP contribution in [0.25, 0.3) is 0 Å². The van der Waals surface area contributed by atoms with Gasteiger partial charge in [-0.2, -0.15) is 0 Å². The van der Waals surface area contributed by atoms with Gasteiger partial charge in [-0.05, 0) is 57.0 Å². The van der Waals surface area contributed by atoms with Crippen LogP contribution in [0.15, 0.2) is 16.6 Å². The second-order valence-electron chi connectivity index (χ2n) is 4.79. The Morgan fingerprint density at radius 3 is 2.65 bits per heavy atom. The molecule has 2 rings (SSSR count). The molecular weight excluding hydrogens is 336 g/mol. The molecule has 1 aromatic heterocycles. The highest BCUT2D eigenvalue weighted by molar-refractivity contribution is 9.10. The van der Waals surface area contributed by atoms with Gasteiger partial charge in [-0.15, -0.1) is 11.3 Å². The van der Waals surface area contributed by atoms with E-state index in [9.17, 15) is 0 Å². The molecule has 2 aromatic rings. The van der Waals surface area contributed by atoms with Crippen molar-refractivity contribution in [2.24, 2.45) is 5.73 Å². The van der Waals surface area contributed by atoms with Crippen LogP contribution in [0.3, 0.4) is 0 Å². The molecule has 0 fully saturated rings. The van der Waals surface area contributed by atoms with E-state index in [1.165, 1.54) is 4.88 Å². The van der Waals surface area contributed by atoms with Crippen molar-refractivity contribution in [2.75, 3.05) is 6.54 Å². The van der Waals surface area contributed by atoms with Crippen LogP contribution < -0.4 is 10.5 Å². The molecule has 0 bridgehead atoms. The first-order valence-corrected chi connectivity index (χ1v) is 8.17. The topological polar surface area (TPSA) is 48.1 Å². The number of ether oxygens (including phenoxy) is 1. The van der Waals surface area contributed by atoms with Gasteiger partial charge in [0.05, 0.1) is 5.69 Å². The summed E-state index contributed by atoms with van der Waals surface area (Å²) in [4.78, 5) is 5.76. The van der Waals surface area contributed by atoms with Gasteiger partial charge in [0.25, 0.3) is 0 Å². The normalized spacial score (nSPS) is 10.8. The number of aromatic nitrogens is 1. The molecule has 0 amide bonds. The number of halogens is 1. The summed E-state index contributed by atoms with van der Waals surface area (Å²) in [6, 6.07) is 4.14. The summed E-state index contributed by atoms with van der Waals surface area (Å²) in [7, 11) is 0. The fourth-order valence-corrected chi connectivity index (χ4v) is 3.55. The largest absolute Gasteiger partial charge is 0.486 e. The van der Waals surface area contributed by atoms with Crippen LogP contribution in [0.1, 0.15) is 26.7 Å². The number of nitrogens with zero attached hydrogens (tertiary/aromatic N) is 1. The molecule has 1 heterocycles. The zero-order chi connectivity index (χ0) is 14.7. The number of rotatable bonds is 5. The summed E-state index contributed by atoms with van der Waals surface area (Å²) in [6.07, 6.45) is 0.811. The Kier molecular flexibility index (Phi) is 5.18. The summed E-state index contributed by atoms with van der Waals surface area (Å²) in [6.45, 7) is 7.29. The van der Waals surface area contributed by atoms with Crippen LogP contribution in [0.4, 0.5) is 0 Å². The molecule has 0 aliphatic carbocycles. The molecule has 108 valence electrons. The van der Waals surface area contributed by atoms with Crippen molar-refractivity contribution in [1.29, 1.82) is 0 Å². The molecule has 0 saturated heterocycles. The zero-order valence-corrected chi connectivity index (χ0v) is 14.4. The van der Waals surface area contributed by atoms with E-state index in [1.54, 1.807) is 11.3 Å². The number of hydrogen-bond donors (Lipinski definition) is 1. The van der Waals surface area contributed by atoms with E-state index < -0.39 is 0 Å². The number of aryl methyl sites for hydroxylation is 3. The molecule has 0 radical (unpaired) electrons. The van der Waals surface area contributed by atoms with Gasteiger partial charge in [-0.3, -0.25) is 0 Å². The lowest BCUT2D eigenvalue weighted by molar-refractivity contribution is 0.300. The lowest BCUT2D eigenvalue weighted by Crippen LogP contribution is -2.06. The molecule has 0 atom stereocenters. The molecule has 0 saturated carbocycles. The first kappa shape index (κ1) is 15.5. The maximum absolute atomic E-state index is 6.00. The Balaban J connectivity index is 2.19. The number of nitrogens with two attached hydrogens (primary N) is 1. The van der Waals surface area contributed by atoms with Crippen molar-refractivity contribution in [2.45, 2.75) is 33.8 Å². The van der Waals surface area contributed by atoms with Crippen LogP contribution in [-0.2, 0) is 13.0 Å². The van der Waals surface area contributed by atoms with Gasteiger partial charge in [0.1, 0.15) is 17.4 Å².